The Hall–Kier alpha value is -3.87. The second kappa shape index (κ2) is 9.30. The Bertz CT molecular complexity index is 1190. The molecule has 0 unspecified atom stereocenters. The molecular formula is C24H22FN3O3. The van der Waals surface area contributed by atoms with Crippen molar-refractivity contribution in [2.75, 3.05) is 7.11 Å². The number of nitrogens with zero attached hydrogens (tertiary/aromatic N) is 2. The number of hydrogen-bond acceptors (Lipinski definition) is 4. The highest BCUT2D eigenvalue weighted by molar-refractivity contribution is 5.81. The van der Waals surface area contributed by atoms with Gasteiger partial charge in [0.25, 0.3) is 0 Å². The van der Waals surface area contributed by atoms with Crippen molar-refractivity contribution in [3.05, 3.63) is 90.0 Å². The van der Waals surface area contributed by atoms with Crippen LogP contribution in [0.1, 0.15) is 11.4 Å². The SMILES string of the molecule is COc1ccccc1OCc1nc2ccccc2n1CC(=O)NCc1ccc(F)cc1. The quantitative estimate of drug-likeness (QED) is 0.467. The number of methoxy groups -OCH3 is 1. The molecule has 1 amide bonds. The van der Waals surface area contributed by atoms with Crippen molar-refractivity contribution in [1.29, 1.82) is 0 Å². The first-order chi connectivity index (χ1) is 15.1. The summed E-state index contributed by atoms with van der Waals surface area (Å²) in [5.74, 6) is 1.38. The maximum Gasteiger partial charge on any atom is 0.240 e. The fourth-order valence-electron chi connectivity index (χ4n) is 3.29. The number of imidazole rings is 1. The first-order valence-electron chi connectivity index (χ1n) is 9.85. The topological polar surface area (TPSA) is 65.4 Å². The molecule has 4 rings (SSSR count). The van der Waals surface area contributed by atoms with Gasteiger partial charge in [0.1, 0.15) is 24.8 Å². The third-order valence-electron chi connectivity index (χ3n) is 4.86. The number of ether oxygens (including phenoxy) is 2. The first-order valence-corrected chi connectivity index (χ1v) is 9.85. The Morgan fingerprint density at radius 1 is 1.00 bits per heavy atom. The van der Waals surface area contributed by atoms with Gasteiger partial charge in [0.05, 0.1) is 18.1 Å². The van der Waals surface area contributed by atoms with Crippen molar-refractivity contribution in [2.24, 2.45) is 0 Å². The summed E-state index contributed by atoms with van der Waals surface area (Å²) in [5.41, 5.74) is 2.45. The number of aromatic nitrogens is 2. The van der Waals surface area contributed by atoms with Gasteiger partial charge in [-0.05, 0) is 42.0 Å². The van der Waals surface area contributed by atoms with Crippen molar-refractivity contribution < 1.29 is 18.7 Å². The fraction of sp³-hybridized carbons (Fsp3) is 0.167. The molecule has 7 heteroatoms. The van der Waals surface area contributed by atoms with Crippen LogP contribution in [0.3, 0.4) is 0 Å². The summed E-state index contributed by atoms with van der Waals surface area (Å²) >= 11 is 0. The lowest BCUT2D eigenvalue weighted by molar-refractivity contribution is -0.121. The summed E-state index contributed by atoms with van der Waals surface area (Å²) < 4.78 is 26.2. The monoisotopic (exact) mass is 419 g/mol. The van der Waals surface area contributed by atoms with E-state index in [1.807, 2.05) is 53.1 Å². The predicted molar refractivity (Wildman–Crippen MR) is 115 cm³/mol. The van der Waals surface area contributed by atoms with E-state index in [-0.39, 0.29) is 24.9 Å². The average Bonchev–Trinajstić information content (AvgIpc) is 3.14. The van der Waals surface area contributed by atoms with E-state index in [1.54, 1.807) is 19.2 Å². The van der Waals surface area contributed by atoms with Crippen LogP contribution in [0.4, 0.5) is 4.39 Å². The normalized spacial score (nSPS) is 10.8. The molecule has 0 aliphatic carbocycles. The van der Waals surface area contributed by atoms with E-state index < -0.39 is 0 Å². The molecule has 0 spiro atoms. The van der Waals surface area contributed by atoms with Crippen LogP contribution in [-0.2, 0) is 24.5 Å². The van der Waals surface area contributed by atoms with Gasteiger partial charge in [-0.3, -0.25) is 4.79 Å². The van der Waals surface area contributed by atoms with Gasteiger partial charge in [-0.25, -0.2) is 9.37 Å². The standard InChI is InChI=1S/C24H22FN3O3/c1-30-21-8-4-5-9-22(21)31-16-23-27-19-6-2-3-7-20(19)28(23)15-24(29)26-14-17-10-12-18(25)13-11-17/h2-13H,14-16H2,1H3,(H,26,29). The van der Waals surface area contributed by atoms with E-state index in [4.69, 9.17) is 9.47 Å². The minimum Gasteiger partial charge on any atom is -0.493 e. The third-order valence-corrected chi connectivity index (χ3v) is 4.86. The first kappa shape index (κ1) is 20.4. The molecular weight excluding hydrogens is 397 g/mol. The number of amides is 1. The fourth-order valence-corrected chi connectivity index (χ4v) is 3.29. The highest BCUT2D eigenvalue weighted by Crippen LogP contribution is 2.27. The Morgan fingerprint density at radius 2 is 1.71 bits per heavy atom. The molecule has 0 aliphatic heterocycles. The molecule has 1 heterocycles. The molecule has 0 saturated carbocycles. The van der Waals surface area contributed by atoms with Crippen LogP contribution in [-0.4, -0.2) is 22.6 Å². The number of hydrogen-bond donors (Lipinski definition) is 1. The summed E-state index contributed by atoms with van der Waals surface area (Å²) in [6.45, 7) is 0.589. The molecule has 1 aromatic heterocycles. The van der Waals surface area contributed by atoms with E-state index in [2.05, 4.69) is 10.3 Å². The second-order valence-corrected chi connectivity index (χ2v) is 6.95. The van der Waals surface area contributed by atoms with E-state index in [9.17, 15) is 9.18 Å². The summed E-state index contributed by atoms with van der Waals surface area (Å²) in [6.07, 6.45) is 0. The highest BCUT2D eigenvalue weighted by atomic mass is 19.1. The van der Waals surface area contributed by atoms with Crippen molar-refractivity contribution in [3.63, 3.8) is 0 Å². The Morgan fingerprint density at radius 3 is 2.48 bits per heavy atom. The number of rotatable bonds is 8. The van der Waals surface area contributed by atoms with Crippen LogP contribution in [0.15, 0.2) is 72.8 Å². The average molecular weight is 419 g/mol. The number of nitrogens with one attached hydrogen (secondary N) is 1. The molecule has 0 bridgehead atoms. The maximum absolute atomic E-state index is 13.1. The molecule has 31 heavy (non-hydrogen) atoms. The van der Waals surface area contributed by atoms with Crippen molar-refractivity contribution in [1.82, 2.24) is 14.9 Å². The molecule has 0 atom stereocenters. The van der Waals surface area contributed by atoms with E-state index in [0.717, 1.165) is 16.6 Å². The largest absolute Gasteiger partial charge is 0.493 e. The van der Waals surface area contributed by atoms with E-state index in [1.165, 1.54) is 12.1 Å². The summed E-state index contributed by atoms with van der Waals surface area (Å²) in [5, 5.41) is 2.87. The lowest BCUT2D eigenvalue weighted by Gasteiger charge is -2.12. The van der Waals surface area contributed by atoms with E-state index in [0.29, 0.717) is 23.9 Å². The number of halogens is 1. The number of carbonyl (C=O) groups is 1. The van der Waals surface area contributed by atoms with Gasteiger partial charge in [-0.1, -0.05) is 36.4 Å². The zero-order valence-corrected chi connectivity index (χ0v) is 17.0. The number of carbonyl (C=O) groups excluding carboxylic acids is 1. The predicted octanol–water partition coefficient (Wildman–Crippen LogP) is 4.08. The molecule has 4 aromatic rings. The minimum atomic E-state index is -0.306. The van der Waals surface area contributed by atoms with Gasteiger partial charge >= 0.3 is 0 Å². The summed E-state index contributed by atoms with van der Waals surface area (Å²) in [6, 6.07) is 21.0. The van der Waals surface area contributed by atoms with Crippen LogP contribution >= 0.6 is 0 Å². The van der Waals surface area contributed by atoms with Gasteiger partial charge < -0.3 is 19.4 Å². The molecule has 6 nitrogen and oxygen atoms in total. The second-order valence-electron chi connectivity index (χ2n) is 6.95. The van der Waals surface area contributed by atoms with Crippen LogP contribution in [0.2, 0.25) is 0 Å². The van der Waals surface area contributed by atoms with Crippen LogP contribution in [0, 0.1) is 5.82 Å². The smallest absolute Gasteiger partial charge is 0.240 e. The van der Waals surface area contributed by atoms with Gasteiger partial charge in [0, 0.05) is 6.54 Å². The van der Waals surface area contributed by atoms with E-state index >= 15 is 0 Å². The molecule has 1 N–H and O–H groups in total. The highest BCUT2D eigenvalue weighted by Gasteiger charge is 2.15. The van der Waals surface area contributed by atoms with Gasteiger partial charge in [0.15, 0.2) is 11.5 Å². The zero-order chi connectivity index (χ0) is 21.6. The Labute approximate surface area is 179 Å². The van der Waals surface area contributed by atoms with Crippen molar-refractivity contribution in [3.8, 4) is 11.5 Å². The third kappa shape index (κ3) is 4.83. The van der Waals surface area contributed by atoms with Crippen LogP contribution < -0.4 is 14.8 Å². The molecule has 0 radical (unpaired) electrons. The number of para-hydroxylation sites is 4. The number of benzene rings is 3. The minimum absolute atomic E-state index is 0.0896. The Kier molecular flexibility index (Phi) is 6.12. The molecule has 0 fully saturated rings. The lowest BCUT2D eigenvalue weighted by atomic mass is 10.2. The zero-order valence-electron chi connectivity index (χ0n) is 17.0. The maximum atomic E-state index is 13.1. The summed E-state index contributed by atoms with van der Waals surface area (Å²) in [7, 11) is 1.59. The van der Waals surface area contributed by atoms with Gasteiger partial charge in [0.2, 0.25) is 5.91 Å². The lowest BCUT2D eigenvalue weighted by Crippen LogP contribution is -2.28. The molecule has 3 aromatic carbocycles. The van der Waals surface area contributed by atoms with Crippen molar-refractivity contribution >= 4 is 16.9 Å². The molecule has 0 aliphatic rings. The Balaban J connectivity index is 1.50. The molecule has 158 valence electrons. The number of fused-ring (bicyclic) bond motifs is 1. The molecule has 0 saturated heterocycles. The van der Waals surface area contributed by atoms with Crippen molar-refractivity contribution in [2.45, 2.75) is 19.7 Å². The van der Waals surface area contributed by atoms with Gasteiger partial charge in [-0.15, -0.1) is 0 Å². The van der Waals surface area contributed by atoms with Crippen LogP contribution in [0.25, 0.3) is 11.0 Å². The van der Waals surface area contributed by atoms with Gasteiger partial charge in [-0.2, -0.15) is 0 Å². The van der Waals surface area contributed by atoms with Crippen LogP contribution in [0.5, 0.6) is 11.5 Å². The summed E-state index contributed by atoms with van der Waals surface area (Å²) in [4.78, 5) is 17.3.